The van der Waals surface area contributed by atoms with E-state index in [9.17, 15) is 35.2 Å². The zero-order valence-corrected chi connectivity index (χ0v) is 31.3. The number of pyridine rings is 1. The molecule has 1 aliphatic heterocycles. The van der Waals surface area contributed by atoms with Gasteiger partial charge in [-0.25, -0.2) is 17.8 Å². The van der Waals surface area contributed by atoms with E-state index >= 15 is 0 Å². The highest BCUT2D eigenvalue weighted by molar-refractivity contribution is 7.89. The first kappa shape index (κ1) is 40.8. The summed E-state index contributed by atoms with van der Waals surface area (Å²) in [5.41, 5.74) is 0.710. The zero-order chi connectivity index (χ0) is 40.1. The first-order chi connectivity index (χ1) is 26.1. The fourth-order valence-corrected chi connectivity index (χ4v) is 7.84. The average molecular weight is 795 g/mol. The number of hydrogen-bond acceptors (Lipinski definition) is 10. The maximum atomic E-state index is 14.7. The molecule has 55 heavy (non-hydrogen) atoms. The number of ether oxygens (including phenoxy) is 5. The average Bonchev–Trinajstić information content (AvgIpc) is 3.57. The van der Waals surface area contributed by atoms with Crippen LogP contribution in [0.25, 0.3) is 0 Å². The van der Waals surface area contributed by atoms with E-state index in [1.807, 2.05) is 0 Å². The summed E-state index contributed by atoms with van der Waals surface area (Å²) in [7, 11) is 2.33. The third-order valence-electron chi connectivity index (χ3n) is 9.12. The Morgan fingerprint density at radius 1 is 0.855 bits per heavy atom. The van der Waals surface area contributed by atoms with Gasteiger partial charge >= 0.3 is 6.18 Å². The predicted molar refractivity (Wildman–Crippen MR) is 191 cm³/mol. The predicted octanol–water partition coefficient (Wildman–Crippen LogP) is 6.58. The minimum atomic E-state index is -4.65. The number of nitrogens with one attached hydrogen (secondary N) is 1. The number of carbonyl (C=O) groups is 1. The van der Waals surface area contributed by atoms with Gasteiger partial charge in [0.1, 0.15) is 29.0 Å². The van der Waals surface area contributed by atoms with Crippen LogP contribution in [0.2, 0.25) is 0 Å². The van der Waals surface area contributed by atoms with Gasteiger partial charge in [0.25, 0.3) is 10.0 Å². The molecule has 5 rings (SSSR count). The molecule has 1 amide bonds. The van der Waals surface area contributed by atoms with Crippen molar-refractivity contribution in [1.82, 2.24) is 9.29 Å². The molecule has 296 valence electrons. The summed E-state index contributed by atoms with van der Waals surface area (Å²) < 4.78 is 127. The summed E-state index contributed by atoms with van der Waals surface area (Å²) in [4.78, 5) is 19.2. The normalized spacial score (nSPS) is 15.9. The number of benzene rings is 3. The quantitative estimate of drug-likeness (QED) is 0.132. The molecule has 0 saturated carbocycles. The Kier molecular flexibility index (Phi) is 12.6. The second kappa shape index (κ2) is 17.0. The van der Waals surface area contributed by atoms with Gasteiger partial charge in [-0.1, -0.05) is 12.1 Å². The lowest BCUT2D eigenvalue weighted by Gasteiger charge is -2.30. The number of rotatable bonds is 15. The summed E-state index contributed by atoms with van der Waals surface area (Å²) in [5, 5.41) is 2.03. The standard InChI is InChI=1S/C37H39F5N4O8S/c1-50-26-8-6-23(30(17-26)52-3)20-45(21-24-7-9-27(51-2)18-31(24)53-4)55(48,49)32-16-25(12-14-43-32)44-36(47)34-22(19-37(40,41)42)13-15-46(34)29-11-10-28(38)33(39)35(29)54-5/h6-12,14,16-18,22,34H,13,15,19-21H2,1-5H3,(H,43,44,47). The Hall–Kier alpha value is -5.36. The monoisotopic (exact) mass is 794 g/mol. The number of halogens is 5. The number of carbonyl (C=O) groups excluding carboxylic acids is 1. The van der Waals surface area contributed by atoms with Crippen molar-refractivity contribution in [3.05, 3.63) is 89.6 Å². The summed E-state index contributed by atoms with van der Waals surface area (Å²) in [6.45, 7) is -0.570. The largest absolute Gasteiger partial charge is 0.497 e. The topological polar surface area (TPSA) is 129 Å². The molecule has 3 aromatic carbocycles. The van der Waals surface area contributed by atoms with Gasteiger partial charge in [-0.2, -0.15) is 21.9 Å². The number of amides is 1. The molecular weight excluding hydrogens is 755 g/mol. The fourth-order valence-electron chi connectivity index (χ4n) is 6.48. The first-order valence-electron chi connectivity index (χ1n) is 16.7. The van der Waals surface area contributed by atoms with Gasteiger partial charge in [-0.05, 0) is 42.7 Å². The van der Waals surface area contributed by atoms with E-state index in [2.05, 4.69) is 10.3 Å². The minimum Gasteiger partial charge on any atom is -0.497 e. The Balaban J connectivity index is 1.51. The molecule has 0 bridgehead atoms. The molecule has 0 aliphatic carbocycles. The van der Waals surface area contributed by atoms with Crippen LogP contribution in [-0.2, 0) is 27.9 Å². The van der Waals surface area contributed by atoms with E-state index in [0.29, 0.717) is 34.1 Å². The van der Waals surface area contributed by atoms with Crippen molar-refractivity contribution in [3.8, 4) is 28.7 Å². The number of aromatic nitrogens is 1. The Labute approximate surface area is 314 Å². The van der Waals surface area contributed by atoms with Gasteiger partial charge in [-0.3, -0.25) is 4.79 Å². The molecule has 1 saturated heterocycles. The van der Waals surface area contributed by atoms with E-state index in [1.165, 1.54) is 39.4 Å². The van der Waals surface area contributed by atoms with Crippen LogP contribution >= 0.6 is 0 Å². The van der Waals surface area contributed by atoms with Crippen LogP contribution in [0.3, 0.4) is 0 Å². The zero-order valence-electron chi connectivity index (χ0n) is 30.4. The molecule has 2 atom stereocenters. The Morgan fingerprint density at radius 3 is 1.98 bits per heavy atom. The van der Waals surface area contributed by atoms with Crippen molar-refractivity contribution >= 4 is 27.3 Å². The van der Waals surface area contributed by atoms with Crippen molar-refractivity contribution in [2.75, 3.05) is 52.3 Å². The Bertz CT molecular complexity index is 2060. The van der Waals surface area contributed by atoms with Gasteiger partial charge in [-0.15, -0.1) is 0 Å². The highest BCUT2D eigenvalue weighted by Crippen LogP contribution is 2.42. The maximum Gasteiger partial charge on any atom is 0.389 e. The van der Waals surface area contributed by atoms with Crippen molar-refractivity contribution in [1.29, 1.82) is 0 Å². The lowest BCUT2D eigenvalue weighted by molar-refractivity contribution is -0.146. The number of alkyl halides is 3. The first-order valence-corrected chi connectivity index (χ1v) is 18.1. The number of sulfonamides is 1. The maximum absolute atomic E-state index is 14.7. The fraction of sp³-hybridized carbons (Fsp3) is 0.351. The van der Waals surface area contributed by atoms with E-state index in [-0.39, 0.29) is 37.4 Å². The van der Waals surface area contributed by atoms with Gasteiger partial charge in [0.15, 0.2) is 16.6 Å². The third kappa shape index (κ3) is 9.13. The van der Waals surface area contributed by atoms with E-state index < -0.39 is 62.9 Å². The molecule has 4 aromatic rings. The molecule has 2 heterocycles. The van der Waals surface area contributed by atoms with Crippen LogP contribution in [0, 0.1) is 17.6 Å². The molecule has 12 nitrogen and oxygen atoms in total. The SMILES string of the molecule is COc1ccc(CN(Cc2ccc(OC)cc2OC)S(=O)(=O)c2cc(NC(=O)C3C(CC(F)(F)F)CCN3c3ccc(F)c(F)c3OC)ccn2)c(OC)c1. The van der Waals surface area contributed by atoms with E-state index in [0.717, 1.165) is 35.8 Å². The minimum absolute atomic E-state index is 0.0996. The molecule has 1 fully saturated rings. The summed E-state index contributed by atoms with van der Waals surface area (Å²) in [6.07, 6.45) is -4.99. The molecular formula is C37H39F5N4O8S. The van der Waals surface area contributed by atoms with E-state index in [1.54, 1.807) is 36.4 Å². The number of anilines is 2. The summed E-state index contributed by atoms with van der Waals surface area (Å²) >= 11 is 0. The molecule has 0 spiro atoms. The van der Waals surface area contributed by atoms with Crippen molar-refractivity contribution in [2.45, 2.75) is 43.2 Å². The van der Waals surface area contributed by atoms with Crippen LogP contribution in [0.1, 0.15) is 24.0 Å². The summed E-state index contributed by atoms with van der Waals surface area (Å²) in [6, 6.07) is 12.5. The molecule has 1 aromatic heterocycles. The molecule has 1 N–H and O–H groups in total. The number of methoxy groups -OCH3 is 5. The molecule has 1 aliphatic rings. The second-order valence-electron chi connectivity index (χ2n) is 12.4. The van der Waals surface area contributed by atoms with Crippen LogP contribution in [0.15, 0.2) is 71.9 Å². The van der Waals surface area contributed by atoms with Gasteiger partial charge in [0.2, 0.25) is 11.7 Å². The highest BCUT2D eigenvalue weighted by Gasteiger charge is 2.46. The molecule has 18 heteroatoms. The Morgan fingerprint density at radius 2 is 1.45 bits per heavy atom. The van der Waals surface area contributed by atoms with Gasteiger partial charge in [0, 0.05) is 67.3 Å². The number of hydrogen-bond donors (Lipinski definition) is 1. The van der Waals surface area contributed by atoms with Crippen molar-refractivity contribution in [3.63, 3.8) is 0 Å². The third-order valence-corrected chi connectivity index (χ3v) is 10.8. The molecule has 2 unspecified atom stereocenters. The number of nitrogens with zero attached hydrogens (tertiary/aromatic N) is 3. The van der Waals surface area contributed by atoms with Crippen molar-refractivity contribution < 1.29 is 58.8 Å². The van der Waals surface area contributed by atoms with Gasteiger partial charge < -0.3 is 33.9 Å². The lowest BCUT2D eigenvalue weighted by Crippen LogP contribution is -2.44. The lowest BCUT2D eigenvalue weighted by atomic mass is 9.95. The summed E-state index contributed by atoms with van der Waals surface area (Å²) in [5.74, 6) is -3.83. The highest BCUT2D eigenvalue weighted by atomic mass is 32.2. The molecule has 0 radical (unpaired) electrons. The van der Waals surface area contributed by atoms with Crippen LogP contribution in [0.4, 0.5) is 33.3 Å². The van der Waals surface area contributed by atoms with Gasteiger partial charge in [0.05, 0.1) is 41.2 Å². The van der Waals surface area contributed by atoms with Crippen LogP contribution in [0.5, 0.6) is 28.7 Å². The van der Waals surface area contributed by atoms with Crippen LogP contribution in [-0.4, -0.2) is 77.9 Å². The second-order valence-corrected chi connectivity index (χ2v) is 14.3. The van der Waals surface area contributed by atoms with E-state index in [4.69, 9.17) is 23.7 Å². The van der Waals surface area contributed by atoms with Crippen LogP contribution < -0.4 is 33.9 Å². The smallest absolute Gasteiger partial charge is 0.389 e. The van der Waals surface area contributed by atoms with Crippen molar-refractivity contribution in [2.24, 2.45) is 5.92 Å².